The Balaban J connectivity index is 1.73. The van der Waals surface area contributed by atoms with Gasteiger partial charge in [-0.2, -0.15) is 15.2 Å². The number of aryl methyl sites for hydroxylation is 1. The summed E-state index contributed by atoms with van der Waals surface area (Å²) in [7, 11) is 1.83. The van der Waals surface area contributed by atoms with Gasteiger partial charge in [0.1, 0.15) is 11.8 Å². The minimum atomic E-state index is 0.239. The van der Waals surface area contributed by atoms with Gasteiger partial charge in [0.25, 0.3) is 0 Å². The normalized spacial score (nSPS) is 10.6. The van der Waals surface area contributed by atoms with Crippen molar-refractivity contribution in [3.05, 3.63) is 41.7 Å². The maximum absolute atomic E-state index is 9.40. The SMILES string of the molecule is CCCOc1ccc(-c2nc(C#N)c(N(C)CCc3noc(C)n3)o2)cc1. The molecule has 8 nitrogen and oxygen atoms in total. The van der Waals surface area contributed by atoms with Crippen molar-refractivity contribution >= 4 is 5.88 Å². The fourth-order valence-electron chi connectivity index (χ4n) is 2.49. The molecule has 0 saturated heterocycles. The average molecular weight is 367 g/mol. The zero-order valence-corrected chi connectivity index (χ0v) is 15.6. The average Bonchev–Trinajstić information content (AvgIpc) is 3.31. The third kappa shape index (κ3) is 4.44. The third-order valence-corrected chi connectivity index (χ3v) is 3.88. The number of nitriles is 1. The second kappa shape index (κ2) is 8.36. The monoisotopic (exact) mass is 367 g/mol. The van der Waals surface area contributed by atoms with Gasteiger partial charge in [0.15, 0.2) is 5.82 Å². The third-order valence-electron chi connectivity index (χ3n) is 3.88. The van der Waals surface area contributed by atoms with E-state index in [-0.39, 0.29) is 5.69 Å². The molecule has 0 aliphatic carbocycles. The molecule has 140 valence electrons. The lowest BCUT2D eigenvalue weighted by Crippen LogP contribution is -2.21. The molecular formula is C19H21N5O3. The van der Waals surface area contributed by atoms with Gasteiger partial charge in [-0.25, -0.2) is 0 Å². The fourth-order valence-corrected chi connectivity index (χ4v) is 2.49. The molecule has 0 radical (unpaired) electrons. The summed E-state index contributed by atoms with van der Waals surface area (Å²) in [5.74, 6) is 2.74. The van der Waals surface area contributed by atoms with Crippen LogP contribution in [0.2, 0.25) is 0 Å². The van der Waals surface area contributed by atoms with Crippen LogP contribution in [0, 0.1) is 18.3 Å². The van der Waals surface area contributed by atoms with Crippen molar-refractivity contribution in [2.75, 3.05) is 25.1 Å². The summed E-state index contributed by atoms with van der Waals surface area (Å²) in [6.07, 6.45) is 1.52. The smallest absolute Gasteiger partial charge is 0.234 e. The standard InChI is InChI=1S/C19H21N5O3/c1-4-11-25-15-7-5-14(6-8-15)18-22-16(12-20)19(26-18)24(3)10-9-17-21-13(2)27-23-17/h5-8H,4,9-11H2,1-3H3. The lowest BCUT2D eigenvalue weighted by molar-refractivity contribution is 0.317. The molecule has 0 unspecified atom stereocenters. The van der Waals surface area contributed by atoms with E-state index >= 15 is 0 Å². The molecule has 8 heteroatoms. The van der Waals surface area contributed by atoms with E-state index in [0.717, 1.165) is 17.7 Å². The van der Waals surface area contributed by atoms with E-state index in [0.29, 0.717) is 43.1 Å². The number of ether oxygens (including phenoxy) is 1. The largest absolute Gasteiger partial charge is 0.494 e. The highest BCUT2D eigenvalue weighted by atomic mass is 16.5. The predicted molar refractivity (Wildman–Crippen MR) is 98.4 cm³/mol. The van der Waals surface area contributed by atoms with E-state index in [1.807, 2.05) is 36.2 Å². The van der Waals surface area contributed by atoms with Crippen LogP contribution < -0.4 is 9.64 Å². The first-order chi connectivity index (χ1) is 13.1. The number of rotatable bonds is 8. The topological polar surface area (TPSA) is 101 Å². The molecule has 3 aromatic rings. The zero-order valence-electron chi connectivity index (χ0n) is 15.6. The van der Waals surface area contributed by atoms with E-state index in [2.05, 4.69) is 28.1 Å². The Morgan fingerprint density at radius 2 is 2.00 bits per heavy atom. The summed E-state index contributed by atoms with van der Waals surface area (Å²) in [5, 5.41) is 13.3. The molecule has 0 fully saturated rings. The second-order valence-corrected chi connectivity index (χ2v) is 6.06. The van der Waals surface area contributed by atoms with Gasteiger partial charge in [0.05, 0.1) is 6.61 Å². The van der Waals surface area contributed by atoms with Crippen LogP contribution in [0.5, 0.6) is 5.75 Å². The highest BCUT2D eigenvalue weighted by molar-refractivity contribution is 5.60. The summed E-state index contributed by atoms with van der Waals surface area (Å²) in [4.78, 5) is 10.3. The van der Waals surface area contributed by atoms with Gasteiger partial charge in [-0.15, -0.1) is 0 Å². The van der Waals surface area contributed by atoms with Gasteiger partial charge in [0.2, 0.25) is 23.4 Å². The van der Waals surface area contributed by atoms with Crippen molar-refractivity contribution in [3.63, 3.8) is 0 Å². The molecule has 0 aliphatic rings. The van der Waals surface area contributed by atoms with Crippen LogP contribution in [0.3, 0.4) is 0 Å². The minimum Gasteiger partial charge on any atom is -0.494 e. The van der Waals surface area contributed by atoms with Crippen molar-refractivity contribution in [1.82, 2.24) is 15.1 Å². The van der Waals surface area contributed by atoms with Gasteiger partial charge in [-0.3, -0.25) is 0 Å². The Morgan fingerprint density at radius 1 is 1.22 bits per heavy atom. The summed E-state index contributed by atoms with van der Waals surface area (Å²) in [5.41, 5.74) is 1.02. The van der Waals surface area contributed by atoms with Crippen LogP contribution in [-0.4, -0.2) is 35.3 Å². The predicted octanol–water partition coefficient (Wildman–Crippen LogP) is 3.37. The summed E-state index contributed by atoms with van der Waals surface area (Å²) < 4.78 is 16.4. The summed E-state index contributed by atoms with van der Waals surface area (Å²) >= 11 is 0. The Hall–Kier alpha value is -3.34. The highest BCUT2D eigenvalue weighted by Gasteiger charge is 2.18. The number of likely N-dealkylation sites (N-methyl/N-ethyl adjacent to an activating group) is 1. The van der Waals surface area contributed by atoms with E-state index < -0.39 is 0 Å². The summed E-state index contributed by atoms with van der Waals surface area (Å²) in [6.45, 7) is 5.04. The van der Waals surface area contributed by atoms with Gasteiger partial charge in [-0.05, 0) is 30.7 Å². The Kier molecular flexibility index (Phi) is 5.71. The highest BCUT2D eigenvalue weighted by Crippen LogP contribution is 2.28. The van der Waals surface area contributed by atoms with Gasteiger partial charge >= 0.3 is 0 Å². The van der Waals surface area contributed by atoms with Gasteiger partial charge < -0.3 is 18.6 Å². The molecular weight excluding hydrogens is 346 g/mol. The molecule has 0 bridgehead atoms. The Labute approximate surface area is 157 Å². The first kappa shape index (κ1) is 18.5. The molecule has 0 aliphatic heterocycles. The molecule has 1 aromatic carbocycles. The maximum Gasteiger partial charge on any atom is 0.234 e. The molecule has 0 spiro atoms. The van der Waals surface area contributed by atoms with Crippen molar-refractivity contribution in [1.29, 1.82) is 5.26 Å². The number of hydrogen-bond donors (Lipinski definition) is 0. The lowest BCUT2D eigenvalue weighted by atomic mass is 10.2. The number of benzene rings is 1. The Bertz CT molecular complexity index is 924. The van der Waals surface area contributed by atoms with Crippen molar-refractivity contribution in [2.45, 2.75) is 26.7 Å². The first-order valence-corrected chi connectivity index (χ1v) is 8.75. The fraction of sp³-hybridized carbons (Fsp3) is 0.368. The maximum atomic E-state index is 9.40. The van der Waals surface area contributed by atoms with Crippen LogP contribution in [0.4, 0.5) is 5.88 Å². The number of anilines is 1. The Morgan fingerprint density at radius 3 is 2.63 bits per heavy atom. The van der Waals surface area contributed by atoms with Crippen molar-refractivity contribution in [2.24, 2.45) is 0 Å². The van der Waals surface area contributed by atoms with E-state index in [9.17, 15) is 5.26 Å². The van der Waals surface area contributed by atoms with Crippen molar-refractivity contribution < 1.29 is 13.7 Å². The number of aromatic nitrogens is 3. The molecule has 2 aromatic heterocycles. The molecule has 2 heterocycles. The number of nitrogens with zero attached hydrogens (tertiary/aromatic N) is 5. The van der Waals surface area contributed by atoms with Crippen LogP contribution in [0.25, 0.3) is 11.5 Å². The first-order valence-electron chi connectivity index (χ1n) is 8.75. The quantitative estimate of drug-likeness (QED) is 0.597. The summed E-state index contributed by atoms with van der Waals surface area (Å²) in [6, 6.07) is 9.55. The number of oxazole rings is 1. The van der Waals surface area contributed by atoms with Crippen LogP contribution >= 0.6 is 0 Å². The molecule has 0 atom stereocenters. The molecule has 0 saturated carbocycles. The van der Waals surface area contributed by atoms with E-state index in [1.54, 1.807) is 6.92 Å². The molecule has 3 rings (SSSR count). The molecule has 0 amide bonds. The second-order valence-electron chi connectivity index (χ2n) is 6.06. The van der Waals surface area contributed by atoms with Crippen LogP contribution in [-0.2, 0) is 6.42 Å². The van der Waals surface area contributed by atoms with E-state index in [1.165, 1.54) is 0 Å². The zero-order chi connectivity index (χ0) is 19.2. The van der Waals surface area contributed by atoms with Gasteiger partial charge in [-0.1, -0.05) is 12.1 Å². The molecule has 0 N–H and O–H groups in total. The van der Waals surface area contributed by atoms with Crippen molar-refractivity contribution in [3.8, 4) is 23.3 Å². The minimum absolute atomic E-state index is 0.239. The van der Waals surface area contributed by atoms with Gasteiger partial charge in [0, 0.05) is 32.5 Å². The van der Waals surface area contributed by atoms with Crippen LogP contribution in [0.15, 0.2) is 33.2 Å². The molecule has 27 heavy (non-hydrogen) atoms. The van der Waals surface area contributed by atoms with E-state index in [4.69, 9.17) is 13.7 Å². The lowest BCUT2D eigenvalue weighted by Gasteiger charge is -2.14. The number of hydrogen-bond acceptors (Lipinski definition) is 8. The van der Waals surface area contributed by atoms with Crippen LogP contribution in [0.1, 0.15) is 30.8 Å².